The Morgan fingerprint density at radius 1 is 1.25 bits per heavy atom. The highest BCUT2D eigenvalue weighted by Gasteiger charge is 2.31. The Labute approximate surface area is 141 Å². The van der Waals surface area contributed by atoms with E-state index in [1.807, 2.05) is 27.7 Å². The summed E-state index contributed by atoms with van der Waals surface area (Å²) in [7, 11) is 0. The van der Waals surface area contributed by atoms with Gasteiger partial charge in [-0.15, -0.1) is 0 Å². The van der Waals surface area contributed by atoms with Gasteiger partial charge in [0.15, 0.2) is 11.4 Å². The topological polar surface area (TPSA) is 91.6 Å². The highest BCUT2D eigenvalue weighted by atomic mass is 16.3. The molecule has 132 valence electrons. The van der Waals surface area contributed by atoms with Gasteiger partial charge in [0, 0.05) is 37.3 Å². The second-order valence-corrected chi connectivity index (χ2v) is 6.82. The number of aromatic nitrogens is 1. The Balaban J connectivity index is 2.33. The van der Waals surface area contributed by atoms with Gasteiger partial charge in [0.05, 0.1) is 6.54 Å². The van der Waals surface area contributed by atoms with Crippen molar-refractivity contribution in [2.45, 2.75) is 53.2 Å². The smallest absolute Gasteiger partial charge is 0.274 e. The normalized spacial score (nSPS) is 14.2. The summed E-state index contributed by atoms with van der Waals surface area (Å²) in [6, 6.07) is 1.27. The number of amides is 2. The van der Waals surface area contributed by atoms with Crippen LogP contribution in [0.25, 0.3) is 0 Å². The van der Waals surface area contributed by atoms with Gasteiger partial charge in [-0.05, 0) is 19.8 Å². The van der Waals surface area contributed by atoms with Crippen molar-refractivity contribution >= 4 is 11.8 Å². The van der Waals surface area contributed by atoms with Gasteiger partial charge < -0.3 is 19.9 Å². The Kier molecular flexibility index (Phi) is 5.31. The van der Waals surface area contributed by atoms with Crippen molar-refractivity contribution in [1.82, 2.24) is 14.8 Å². The lowest BCUT2D eigenvalue weighted by atomic mass is 10.1. The standard InChI is InChI=1S/C17H25N3O4/c1-10(2)7-14(22)18-9-12-8-13(21)16(23)15-17(24)19(11(3)4)5-6-20(12)15/h8,10-11,23H,5-7,9H2,1-4H3,(H,18,22). The molecular formula is C17H25N3O4. The second-order valence-electron chi connectivity index (χ2n) is 6.82. The first-order chi connectivity index (χ1) is 11.2. The van der Waals surface area contributed by atoms with E-state index in [0.29, 0.717) is 25.2 Å². The van der Waals surface area contributed by atoms with E-state index in [9.17, 15) is 19.5 Å². The average Bonchev–Trinajstić information content (AvgIpc) is 2.48. The van der Waals surface area contributed by atoms with E-state index >= 15 is 0 Å². The minimum atomic E-state index is -0.603. The zero-order valence-corrected chi connectivity index (χ0v) is 14.6. The van der Waals surface area contributed by atoms with Crippen LogP contribution < -0.4 is 10.7 Å². The number of nitrogens with one attached hydrogen (secondary N) is 1. The van der Waals surface area contributed by atoms with Crippen LogP contribution in [0.1, 0.15) is 50.3 Å². The van der Waals surface area contributed by atoms with Gasteiger partial charge in [-0.2, -0.15) is 0 Å². The van der Waals surface area contributed by atoms with Gasteiger partial charge in [-0.25, -0.2) is 0 Å². The van der Waals surface area contributed by atoms with E-state index in [2.05, 4.69) is 5.32 Å². The van der Waals surface area contributed by atoms with E-state index in [4.69, 9.17) is 0 Å². The fourth-order valence-corrected chi connectivity index (χ4v) is 2.87. The Morgan fingerprint density at radius 3 is 2.50 bits per heavy atom. The SMILES string of the molecule is CC(C)CC(=O)NCc1cc(=O)c(O)c2n1CCN(C(C)C)C2=O. The molecule has 1 aliphatic heterocycles. The zero-order chi connectivity index (χ0) is 18.0. The molecule has 0 bridgehead atoms. The maximum atomic E-state index is 12.6. The molecule has 1 aromatic rings. The molecular weight excluding hydrogens is 310 g/mol. The van der Waals surface area contributed by atoms with E-state index in [1.165, 1.54) is 6.07 Å². The molecule has 0 spiro atoms. The highest BCUT2D eigenvalue weighted by molar-refractivity contribution is 5.96. The average molecular weight is 335 g/mol. The van der Waals surface area contributed by atoms with Crippen molar-refractivity contribution in [3.63, 3.8) is 0 Å². The molecule has 2 amide bonds. The summed E-state index contributed by atoms with van der Waals surface area (Å²) in [6.07, 6.45) is 0.398. The van der Waals surface area contributed by atoms with Crippen LogP contribution in [0.15, 0.2) is 10.9 Å². The van der Waals surface area contributed by atoms with Crippen molar-refractivity contribution in [1.29, 1.82) is 0 Å². The molecule has 2 N–H and O–H groups in total. The minimum Gasteiger partial charge on any atom is -0.503 e. The number of aromatic hydroxyl groups is 1. The Morgan fingerprint density at radius 2 is 1.92 bits per heavy atom. The van der Waals surface area contributed by atoms with Crippen molar-refractivity contribution in [2.24, 2.45) is 5.92 Å². The predicted octanol–water partition coefficient (Wildman–Crippen LogP) is 1.08. The van der Waals surface area contributed by atoms with E-state index in [1.54, 1.807) is 9.47 Å². The molecule has 0 radical (unpaired) electrons. The molecule has 0 fully saturated rings. The maximum absolute atomic E-state index is 12.6. The molecule has 0 aliphatic carbocycles. The number of hydrogen-bond acceptors (Lipinski definition) is 4. The van der Waals surface area contributed by atoms with Gasteiger partial charge in [0.25, 0.3) is 5.91 Å². The minimum absolute atomic E-state index is 0.00978. The number of carbonyl (C=O) groups excluding carboxylic acids is 2. The van der Waals surface area contributed by atoms with Gasteiger partial charge in [-0.1, -0.05) is 13.8 Å². The van der Waals surface area contributed by atoms with Crippen molar-refractivity contribution in [3.8, 4) is 5.75 Å². The molecule has 2 heterocycles. The molecule has 24 heavy (non-hydrogen) atoms. The van der Waals surface area contributed by atoms with Crippen LogP contribution in [0.3, 0.4) is 0 Å². The molecule has 7 nitrogen and oxygen atoms in total. The molecule has 0 atom stereocenters. The molecule has 2 rings (SSSR count). The molecule has 7 heteroatoms. The third-order valence-electron chi connectivity index (χ3n) is 4.08. The molecule has 0 unspecified atom stereocenters. The molecule has 1 aliphatic rings. The lowest BCUT2D eigenvalue weighted by Crippen LogP contribution is -2.46. The number of hydrogen-bond donors (Lipinski definition) is 2. The number of nitrogens with zero attached hydrogens (tertiary/aromatic N) is 2. The van der Waals surface area contributed by atoms with Crippen molar-refractivity contribution in [2.75, 3.05) is 6.54 Å². The van der Waals surface area contributed by atoms with Crippen LogP contribution in [0.2, 0.25) is 0 Å². The largest absolute Gasteiger partial charge is 0.503 e. The fourth-order valence-electron chi connectivity index (χ4n) is 2.87. The van der Waals surface area contributed by atoms with E-state index < -0.39 is 11.2 Å². The first-order valence-electron chi connectivity index (χ1n) is 8.25. The number of fused-ring (bicyclic) bond motifs is 1. The lowest BCUT2D eigenvalue weighted by molar-refractivity contribution is -0.121. The lowest BCUT2D eigenvalue weighted by Gasteiger charge is -2.34. The van der Waals surface area contributed by atoms with Gasteiger partial charge in [0.2, 0.25) is 11.3 Å². The summed E-state index contributed by atoms with van der Waals surface area (Å²) in [5.74, 6) is -0.753. The van der Waals surface area contributed by atoms with E-state index in [-0.39, 0.29) is 36.0 Å². The van der Waals surface area contributed by atoms with Crippen LogP contribution >= 0.6 is 0 Å². The Bertz CT molecular complexity index is 707. The maximum Gasteiger partial charge on any atom is 0.274 e. The monoisotopic (exact) mass is 335 g/mol. The summed E-state index contributed by atoms with van der Waals surface area (Å²) in [6.45, 7) is 8.80. The number of pyridine rings is 1. The summed E-state index contributed by atoms with van der Waals surface area (Å²) in [5, 5.41) is 12.8. The van der Waals surface area contributed by atoms with Crippen molar-refractivity contribution in [3.05, 3.63) is 27.7 Å². The highest BCUT2D eigenvalue weighted by Crippen LogP contribution is 2.22. The predicted molar refractivity (Wildman–Crippen MR) is 89.8 cm³/mol. The zero-order valence-electron chi connectivity index (χ0n) is 14.6. The molecule has 0 aromatic carbocycles. The van der Waals surface area contributed by atoms with Crippen LogP contribution in [0.5, 0.6) is 5.75 Å². The van der Waals surface area contributed by atoms with Crippen LogP contribution in [0.4, 0.5) is 0 Å². The van der Waals surface area contributed by atoms with Gasteiger partial charge in [-0.3, -0.25) is 14.4 Å². The third kappa shape index (κ3) is 3.60. The van der Waals surface area contributed by atoms with Gasteiger partial charge >= 0.3 is 0 Å². The van der Waals surface area contributed by atoms with Crippen LogP contribution in [0, 0.1) is 5.92 Å². The molecule has 0 saturated carbocycles. The molecule has 1 aromatic heterocycles. The summed E-state index contributed by atoms with van der Waals surface area (Å²) >= 11 is 0. The van der Waals surface area contributed by atoms with Crippen molar-refractivity contribution < 1.29 is 14.7 Å². The Hall–Kier alpha value is -2.31. The molecule has 0 saturated heterocycles. The van der Waals surface area contributed by atoms with Gasteiger partial charge in [0.1, 0.15) is 0 Å². The summed E-state index contributed by atoms with van der Waals surface area (Å²) in [4.78, 5) is 38.0. The van der Waals surface area contributed by atoms with Crippen LogP contribution in [-0.2, 0) is 17.9 Å². The van der Waals surface area contributed by atoms with Crippen LogP contribution in [-0.4, -0.2) is 39.0 Å². The third-order valence-corrected chi connectivity index (χ3v) is 4.08. The number of carbonyl (C=O) groups is 2. The summed E-state index contributed by atoms with van der Waals surface area (Å²) < 4.78 is 1.63. The quantitative estimate of drug-likeness (QED) is 0.842. The first kappa shape index (κ1) is 18.0. The first-order valence-corrected chi connectivity index (χ1v) is 8.25. The fraction of sp³-hybridized carbons (Fsp3) is 0.588. The van der Waals surface area contributed by atoms with E-state index in [0.717, 1.165) is 0 Å². The number of rotatable bonds is 5. The summed E-state index contributed by atoms with van der Waals surface area (Å²) in [5.41, 5.74) is -0.0643. The second kappa shape index (κ2) is 7.07.